The van der Waals surface area contributed by atoms with Crippen molar-refractivity contribution in [3.05, 3.63) is 70.2 Å². The predicted octanol–water partition coefficient (Wildman–Crippen LogP) is 3.30. The minimum absolute atomic E-state index is 0.270. The van der Waals surface area contributed by atoms with Crippen molar-refractivity contribution in [2.75, 3.05) is 6.54 Å². The number of nitrogens with zero attached hydrogens (tertiary/aromatic N) is 1. The minimum Gasteiger partial charge on any atom is -0.507 e. The van der Waals surface area contributed by atoms with Crippen molar-refractivity contribution in [2.24, 2.45) is 5.73 Å². The van der Waals surface area contributed by atoms with Gasteiger partial charge in [-0.1, -0.05) is 11.6 Å². The molecule has 130 valence electrons. The van der Waals surface area contributed by atoms with E-state index in [1.807, 2.05) is 49.6 Å². The number of phenolic OH excluding ortho intramolecular Hbond substituents is 1. The molecular formula is C21H23BN3O+. The zero-order chi connectivity index (χ0) is 18.7. The Morgan fingerprint density at radius 1 is 1.27 bits per heavy atom. The van der Waals surface area contributed by atoms with Crippen molar-refractivity contribution in [1.29, 1.82) is 0 Å². The van der Waals surface area contributed by atoms with Crippen LogP contribution in [0, 0.1) is 13.8 Å². The van der Waals surface area contributed by atoms with Gasteiger partial charge in [0, 0.05) is 29.0 Å². The number of allylic oxidation sites excluding steroid dienone is 2. The molecule has 1 aliphatic rings. The summed E-state index contributed by atoms with van der Waals surface area (Å²) in [6, 6.07) is 7.64. The van der Waals surface area contributed by atoms with Crippen LogP contribution in [0.1, 0.15) is 34.5 Å². The summed E-state index contributed by atoms with van der Waals surface area (Å²) < 4.78 is 1.62. The van der Waals surface area contributed by atoms with Gasteiger partial charge in [-0.25, -0.2) is 0 Å². The van der Waals surface area contributed by atoms with Crippen LogP contribution in [0.5, 0.6) is 5.75 Å². The number of aromatic nitrogens is 1. The number of phenols is 1. The van der Waals surface area contributed by atoms with Crippen LogP contribution >= 0.6 is 0 Å². The molecule has 0 saturated heterocycles. The highest BCUT2D eigenvalue weighted by atomic mass is 16.3. The second-order valence-electron chi connectivity index (χ2n) is 6.50. The van der Waals surface area contributed by atoms with Crippen LogP contribution in [0.2, 0.25) is 0 Å². The largest absolute Gasteiger partial charge is 0.586 e. The third-order valence-corrected chi connectivity index (χ3v) is 4.45. The van der Waals surface area contributed by atoms with Gasteiger partial charge in [0.1, 0.15) is 12.0 Å². The summed E-state index contributed by atoms with van der Waals surface area (Å²) in [6.45, 7) is 4.61. The van der Waals surface area contributed by atoms with Gasteiger partial charge in [-0.3, -0.25) is 4.49 Å². The molecule has 0 amide bonds. The molecule has 26 heavy (non-hydrogen) atoms. The van der Waals surface area contributed by atoms with Crippen molar-refractivity contribution in [3.8, 4) is 5.75 Å². The Kier molecular flexibility index (Phi) is 5.28. The summed E-state index contributed by atoms with van der Waals surface area (Å²) in [7, 11) is 6.03. The molecule has 2 aromatic rings. The van der Waals surface area contributed by atoms with E-state index in [0.717, 1.165) is 45.8 Å². The predicted molar refractivity (Wildman–Crippen MR) is 109 cm³/mol. The van der Waals surface area contributed by atoms with Crippen molar-refractivity contribution >= 4 is 31.9 Å². The summed E-state index contributed by atoms with van der Waals surface area (Å²) in [5.41, 5.74) is 12.9. The van der Waals surface area contributed by atoms with Crippen LogP contribution in [0.3, 0.4) is 0 Å². The number of H-pyrrole nitrogens is 1. The van der Waals surface area contributed by atoms with E-state index in [9.17, 15) is 5.11 Å². The Labute approximate surface area is 155 Å². The first-order valence-electron chi connectivity index (χ1n) is 8.66. The van der Waals surface area contributed by atoms with E-state index in [1.54, 1.807) is 10.6 Å². The van der Waals surface area contributed by atoms with Crippen LogP contribution < -0.4 is 5.73 Å². The summed E-state index contributed by atoms with van der Waals surface area (Å²) in [5.74, 6) is 0.270. The molecule has 0 spiro atoms. The van der Waals surface area contributed by atoms with Crippen LogP contribution in [0.25, 0.3) is 17.7 Å². The standard InChI is InChI=1S/C21H23BN3O/c1-14-5-8-20(26)16(12-14)6-7-17-13-15(2)21(24-17)18(9-10-23)19-4-3-11-25(19)22/h3-8,11-13,24,26H,9-10,23H2,1-2H3/q+1/b7-6+. The molecule has 2 radical (unpaired) electrons. The van der Waals surface area contributed by atoms with Gasteiger partial charge in [-0.2, -0.15) is 0 Å². The molecule has 4 nitrogen and oxygen atoms in total. The molecule has 3 rings (SSSR count). The van der Waals surface area contributed by atoms with E-state index >= 15 is 0 Å². The summed E-state index contributed by atoms with van der Waals surface area (Å²) in [5, 5.41) is 9.99. The minimum atomic E-state index is 0.270. The second-order valence-corrected chi connectivity index (χ2v) is 6.50. The molecule has 0 unspecified atom stereocenters. The highest BCUT2D eigenvalue weighted by Gasteiger charge is 2.20. The highest BCUT2D eigenvalue weighted by Crippen LogP contribution is 2.28. The molecule has 0 bridgehead atoms. The summed E-state index contributed by atoms with van der Waals surface area (Å²) in [6.07, 6.45) is 10.3. The molecule has 0 saturated carbocycles. The van der Waals surface area contributed by atoms with Crippen molar-refractivity contribution in [3.63, 3.8) is 0 Å². The Morgan fingerprint density at radius 3 is 2.77 bits per heavy atom. The van der Waals surface area contributed by atoms with Gasteiger partial charge in [0.15, 0.2) is 5.70 Å². The number of rotatable bonds is 5. The molecular weight excluding hydrogens is 321 g/mol. The molecule has 4 N–H and O–H groups in total. The van der Waals surface area contributed by atoms with Gasteiger partial charge in [0.25, 0.3) is 0 Å². The number of nitrogens with two attached hydrogens (primary N) is 1. The van der Waals surface area contributed by atoms with E-state index < -0.39 is 0 Å². The third-order valence-electron chi connectivity index (χ3n) is 4.45. The zero-order valence-electron chi connectivity index (χ0n) is 15.2. The van der Waals surface area contributed by atoms with Crippen molar-refractivity contribution in [2.45, 2.75) is 20.3 Å². The van der Waals surface area contributed by atoms with Crippen LogP contribution in [-0.2, 0) is 0 Å². The molecule has 1 aliphatic heterocycles. The molecule has 0 atom stereocenters. The maximum atomic E-state index is 9.99. The lowest BCUT2D eigenvalue weighted by Crippen LogP contribution is -2.09. The van der Waals surface area contributed by atoms with E-state index in [0.29, 0.717) is 6.54 Å². The number of aromatic hydroxyl groups is 1. The molecule has 1 aromatic carbocycles. The van der Waals surface area contributed by atoms with Gasteiger partial charge < -0.3 is 15.8 Å². The SMILES string of the molecule is [B][N+]1=CC=CC1=C(CCN)c1[nH]c(/C=C/c2cc(C)ccc2O)cc1C. The van der Waals surface area contributed by atoms with E-state index in [1.165, 1.54) is 0 Å². The van der Waals surface area contributed by atoms with Crippen LogP contribution in [-0.4, -0.2) is 35.3 Å². The fourth-order valence-electron chi connectivity index (χ4n) is 3.15. The number of benzene rings is 1. The van der Waals surface area contributed by atoms with Crippen LogP contribution in [0.15, 0.2) is 42.1 Å². The molecule has 0 fully saturated rings. The maximum Gasteiger partial charge on any atom is 0.586 e. The fraction of sp³-hybridized carbons (Fsp3) is 0.190. The number of nitrogens with one attached hydrogen (secondary N) is 1. The van der Waals surface area contributed by atoms with Crippen molar-refractivity contribution in [1.82, 2.24) is 4.98 Å². The Hall–Kier alpha value is -2.79. The van der Waals surface area contributed by atoms with Gasteiger partial charge in [0.05, 0.1) is 5.69 Å². The van der Waals surface area contributed by atoms with Gasteiger partial charge in [0.2, 0.25) is 0 Å². The Morgan fingerprint density at radius 2 is 2.08 bits per heavy atom. The molecule has 1 aromatic heterocycles. The third kappa shape index (κ3) is 3.73. The number of aryl methyl sites for hydroxylation is 2. The Balaban J connectivity index is 1.96. The smallest absolute Gasteiger partial charge is 0.507 e. The monoisotopic (exact) mass is 344 g/mol. The number of hydrogen-bond donors (Lipinski definition) is 3. The normalized spacial score (nSPS) is 15.7. The number of aromatic amines is 1. The average molecular weight is 344 g/mol. The fourth-order valence-corrected chi connectivity index (χ4v) is 3.15. The second kappa shape index (κ2) is 7.62. The zero-order valence-corrected chi connectivity index (χ0v) is 15.2. The van der Waals surface area contributed by atoms with E-state index in [4.69, 9.17) is 13.7 Å². The molecule has 2 heterocycles. The topological polar surface area (TPSA) is 65.0 Å². The lowest BCUT2D eigenvalue weighted by atomic mass is 10.0. The first-order valence-corrected chi connectivity index (χ1v) is 8.66. The first kappa shape index (κ1) is 18.0. The Bertz CT molecular complexity index is 948. The molecule has 0 aliphatic carbocycles. The van der Waals surface area contributed by atoms with Gasteiger partial charge >= 0.3 is 7.98 Å². The average Bonchev–Trinajstić information content (AvgIpc) is 3.19. The maximum absolute atomic E-state index is 9.99. The van der Waals surface area contributed by atoms with E-state index in [-0.39, 0.29) is 5.75 Å². The van der Waals surface area contributed by atoms with E-state index in [2.05, 4.69) is 18.0 Å². The highest BCUT2D eigenvalue weighted by molar-refractivity contribution is 6.01. The van der Waals surface area contributed by atoms with Crippen molar-refractivity contribution < 1.29 is 9.59 Å². The van der Waals surface area contributed by atoms with Gasteiger partial charge in [-0.15, -0.1) is 0 Å². The first-order chi connectivity index (χ1) is 12.5. The van der Waals surface area contributed by atoms with Gasteiger partial charge in [-0.05, 0) is 62.7 Å². The quantitative estimate of drug-likeness (QED) is 0.729. The summed E-state index contributed by atoms with van der Waals surface area (Å²) in [4.78, 5) is 3.46. The summed E-state index contributed by atoms with van der Waals surface area (Å²) >= 11 is 0. The lowest BCUT2D eigenvalue weighted by Gasteiger charge is -2.07. The number of hydrogen-bond acceptors (Lipinski definition) is 2. The molecule has 5 heteroatoms. The van der Waals surface area contributed by atoms with Crippen LogP contribution in [0.4, 0.5) is 0 Å². The lowest BCUT2D eigenvalue weighted by molar-refractivity contribution is -0.294.